The zero-order valence-corrected chi connectivity index (χ0v) is 24.5. The number of nitrogens with zero attached hydrogens (tertiary/aromatic N) is 3. The Morgan fingerprint density at radius 2 is 1.71 bits per heavy atom. The molecule has 0 aliphatic carbocycles. The van der Waals surface area contributed by atoms with Crippen LogP contribution in [-0.4, -0.2) is 30.0 Å². The van der Waals surface area contributed by atoms with Crippen molar-refractivity contribution in [2.45, 2.75) is 65.2 Å². The molecule has 1 aliphatic rings. The second kappa shape index (κ2) is 13.6. The maximum atomic E-state index is 14.0. The Bertz CT molecular complexity index is 1450. The van der Waals surface area contributed by atoms with Crippen LogP contribution in [0.3, 0.4) is 0 Å². The number of ether oxygens (including phenoxy) is 1. The fraction of sp³-hybridized carbons (Fsp3) is 0.375. The summed E-state index contributed by atoms with van der Waals surface area (Å²) in [7, 11) is 0. The van der Waals surface area contributed by atoms with Crippen LogP contribution in [0.15, 0.2) is 59.0 Å². The summed E-state index contributed by atoms with van der Waals surface area (Å²) in [5.41, 5.74) is -1.85. The molecule has 0 saturated carbocycles. The minimum absolute atomic E-state index is 0.0932. The molecule has 2 heterocycles. The van der Waals surface area contributed by atoms with Gasteiger partial charge in [0.25, 0.3) is 0 Å². The molecule has 41 heavy (non-hydrogen) atoms. The topological polar surface area (TPSA) is 60.9 Å². The van der Waals surface area contributed by atoms with Gasteiger partial charge in [0.2, 0.25) is 11.3 Å². The second-order valence-electron chi connectivity index (χ2n) is 9.92. The Hall–Kier alpha value is -3.95. The Balaban J connectivity index is 1.83. The van der Waals surface area contributed by atoms with Crippen LogP contribution < -0.4 is 4.90 Å². The molecule has 3 rings (SSSR count). The highest BCUT2D eigenvalue weighted by Gasteiger charge is 2.60. The van der Waals surface area contributed by atoms with E-state index in [2.05, 4.69) is 23.6 Å². The highest BCUT2D eigenvalue weighted by atomic mass is 32.1. The van der Waals surface area contributed by atoms with Gasteiger partial charge >= 0.3 is 6.18 Å². The molecule has 0 radical (unpaired) electrons. The van der Waals surface area contributed by atoms with Crippen LogP contribution in [0, 0.1) is 17.9 Å². The van der Waals surface area contributed by atoms with E-state index < -0.39 is 11.8 Å². The molecule has 0 spiro atoms. The van der Waals surface area contributed by atoms with Crippen LogP contribution in [0.1, 0.15) is 68.7 Å². The molecule has 0 bridgehead atoms. The number of thiophene rings is 1. The lowest BCUT2D eigenvalue weighted by atomic mass is 9.94. The highest BCUT2D eigenvalue weighted by molar-refractivity contribution is 7.13. The van der Waals surface area contributed by atoms with Crippen LogP contribution in [-0.2, 0) is 4.74 Å². The number of allylic oxidation sites excluding steroid dienone is 1. The first-order valence-electron chi connectivity index (χ1n) is 13.5. The molecule has 0 fully saturated rings. The van der Waals surface area contributed by atoms with E-state index in [1.165, 1.54) is 30.4 Å². The number of nitriles is 1. The SMILES string of the molecule is [C-]#[N+]C1=C(/C=C/c2ccc(/C=C/c3ccc(N(CCCC)CCCC)cc3O)s2)C(C)(C(F)(F)F)O/C1=C(\C)C#N. The molecule has 216 valence electrons. The van der Waals surface area contributed by atoms with E-state index >= 15 is 0 Å². The first-order valence-corrected chi connectivity index (χ1v) is 14.3. The minimum atomic E-state index is -4.80. The van der Waals surface area contributed by atoms with Crippen molar-refractivity contribution in [3.05, 3.63) is 85.7 Å². The van der Waals surface area contributed by atoms with Crippen LogP contribution in [0.25, 0.3) is 23.1 Å². The summed E-state index contributed by atoms with van der Waals surface area (Å²) in [6, 6.07) is 11.0. The molecule has 1 aromatic heterocycles. The smallest absolute Gasteiger partial charge is 0.430 e. The molecule has 1 aromatic carbocycles. The highest BCUT2D eigenvalue weighted by Crippen LogP contribution is 2.50. The van der Waals surface area contributed by atoms with Crippen molar-refractivity contribution in [2.24, 2.45) is 0 Å². The Kier molecular flexibility index (Phi) is 10.5. The lowest BCUT2D eigenvalue weighted by Crippen LogP contribution is -2.43. The number of aromatic hydroxyl groups is 1. The monoisotopic (exact) mass is 581 g/mol. The lowest BCUT2D eigenvalue weighted by Gasteiger charge is -2.29. The summed E-state index contributed by atoms with van der Waals surface area (Å²) in [5, 5.41) is 19.9. The van der Waals surface area contributed by atoms with E-state index in [4.69, 9.17) is 11.3 Å². The summed E-state index contributed by atoms with van der Waals surface area (Å²) in [5.74, 6) is -0.169. The van der Waals surface area contributed by atoms with Gasteiger partial charge < -0.3 is 14.7 Å². The molecule has 0 saturated heterocycles. The molecule has 1 unspecified atom stereocenters. The van der Waals surface area contributed by atoms with Crippen LogP contribution in [0.4, 0.5) is 18.9 Å². The van der Waals surface area contributed by atoms with Crippen molar-refractivity contribution in [3.63, 3.8) is 0 Å². The Morgan fingerprint density at radius 1 is 1.10 bits per heavy atom. The number of hydrogen-bond donors (Lipinski definition) is 1. The molecular weight excluding hydrogens is 547 g/mol. The van der Waals surface area contributed by atoms with E-state index in [9.17, 15) is 23.5 Å². The van der Waals surface area contributed by atoms with Gasteiger partial charge in [-0.3, -0.25) is 0 Å². The number of hydrogen-bond acceptors (Lipinski definition) is 5. The van der Waals surface area contributed by atoms with E-state index in [0.29, 0.717) is 10.4 Å². The third-order valence-corrected chi connectivity index (χ3v) is 7.90. The van der Waals surface area contributed by atoms with Crippen LogP contribution in [0.5, 0.6) is 5.75 Å². The van der Waals surface area contributed by atoms with Crippen molar-refractivity contribution >= 4 is 35.3 Å². The number of halogens is 3. The molecule has 1 N–H and O–H groups in total. The van der Waals surface area contributed by atoms with Gasteiger partial charge in [-0.05, 0) is 69.2 Å². The zero-order valence-electron chi connectivity index (χ0n) is 23.7. The maximum absolute atomic E-state index is 14.0. The van der Waals surface area contributed by atoms with Crippen molar-refractivity contribution in [2.75, 3.05) is 18.0 Å². The number of rotatable bonds is 11. The molecule has 9 heteroatoms. The molecule has 1 aliphatic heterocycles. The van der Waals surface area contributed by atoms with E-state index in [1.807, 2.05) is 24.3 Å². The predicted octanol–water partition coefficient (Wildman–Crippen LogP) is 9.37. The van der Waals surface area contributed by atoms with Gasteiger partial charge in [-0.2, -0.15) is 18.4 Å². The quantitative estimate of drug-likeness (QED) is 0.212. The van der Waals surface area contributed by atoms with Gasteiger partial charge in [-0.15, -0.1) is 11.3 Å². The van der Waals surface area contributed by atoms with Crippen LogP contribution in [0.2, 0.25) is 0 Å². The van der Waals surface area contributed by atoms with Crippen molar-refractivity contribution < 1.29 is 23.0 Å². The summed E-state index contributed by atoms with van der Waals surface area (Å²) >= 11 is 1.35. The summed E-state index contributed by atoms with van der Waals surface area (Å²) in [4.78, 5) is 7.08. The Morgan fingerprint density at radius 3 is 2.22 bits per heavy atom. The molecular formula is C32H34F3N3O2S. The third-order valence-electron chi connectivity index (χ3n) is 6.88. The number of benzene rings is 1. The minimum Gasteiger partial charge on any atom is -0.507 e. The van der Waals surface area contributed by atoms with Crippen molar-refractivity contribution in [1.29, 1.82) is 5.26 Å². The largest absolute Gasteiger partial charge is 0.507 e. The van der Waals surface area contributed by atoms with Gasteiger partial charge in [0.1, 0.15) is 11.5 Å². The Labute approximate surface area is 244 Å². The summed E-state index contributed by atoms with van der Waals surface area (Å²) in [6.45, 7) is 15.8. The maximum Gasteiger partial charge on any atom is 0.430 e. The van der Waals surface area contributed by atoms with Gasteiger partial charge in [-0.1, -0.05) is 32.8 Å². The predicted molar refractivity (Wildman–Crippen MR) is 160 cm³/mol. The fourth-order valence-corrected chi connectivity index (χ4v) is 5.16. The van der Waals surface area contributed by atoms with Crippen molar-refractivity contribution in [3.8, 4) is 11.8 Å². The third kappa shape index (κ3) is 7.23. The number of unbranched alkanes of at least 4 members (excludes halogenated alkanes) is 2. The average molecular weight is 582 g/mol. The van der Waals surface area contributed by atoms with E-state index in [0.717, 1.165) is 56.3 Å². The number of alkyl halides is 3. The normalized spacial score (nSPS) is 18.6. The molecule has 2 aromatic rings. The van der Waals surface area contributed by atoms with Gasteiger partial charge in [0, 0.05) is 45.7 Å². The standard InChI is InChI=1S/C32H34F3N3O2S/c1-6-8-18-38(19-9-7-2)24-12-10-23(28(39)20-24)11-13-25-14-15-26(41-25)16-17-27-29(37-5)30(22(3)21-36)40-31(27,4)32(33,34)35/h10-17,20,39H,6-9,18-19H2,1-4H3/b13-11+,17-16+,30-22+. The zero-order chi connectivity index (χ0) is 30.2. The van der Waals surface area contributed by atoms with E-state index in [-0.39, 0.29) is 28.4 Å². The number of anilines is 1. The number of phenols is 1. The summed E-state index contributed by atoms with van der Waals surface area (Å²) in [6.07, 6.45) is 5.94. The van der Waals surface area contributed by atoms with Gasteiger partial charge in [0.15, 0.2) is 0 Å². The fourth-order valence-electron chi connectivity index (χ4n) is 4.34. The van der Waals surface area contributed by atoms with Gasteiger partial charge in [0.05, 0.1) is 18.2 Å². The van der Waals surface area contributed by atoms with Crippen molar-refractivity contribution in [1.82, 2.24) is 0 Å². The second-order valence-corrected chi connectivity index (χ2v) is 11.1. The van der Waals surface area contributed by atoms with Crippen LogP contribution >= 0.6 is 11.3 Å². The van der Waals surface area contributed by atoms with Gasteiger partial charge in [-0.25, -0.2) is 4.85 Å². The molecule has 0 amide bonds. The van der Waals surface area contributed by atoms with E-state index in [1.54, 1.807) is 24.3 Å². The average Bonchev–Trinajstić information content (AvgIpc) is 3.52. The first-order chi connectivity index (χ1) is 19.5. The first kappa shape index (κ1) is 31.6. The molecule has 1 atom stereocenters. The summed E-state index contributed by atoms with van der Waals surface area (Å²) < 4.78 is 47.2. The number of phenolic OH excluding ortho intramolecular Hbond substituents is 1. The molecule has 5 nitrogen and oxygen atoms in total. The lowest BCUT2D eigenvalue weighted by molar-refractivity contribution is -0.236.